The molecule has 20 heavy (non-hydrogen) atoms. The number of hydrogen-bond donors (Lipinski definition) is 1. The molecule has 0 bridgehead atoms. The van der Waals surface area contributed by atoms with Crippen molar-refractivity contribution in [2.24, 2.45) is 12.8 Å². The molecule has 0 atom stereocenters. The molecule has 112 valence electrons. The van der Waals surface area contributed by atoms with E-state index >= 15 is 0 Å². The van der Waals surface area contributed by atoms with E-state index < -0.39 is 0 Å². The van der Waals surface area contributed by atoms with Crippen molar-refractivity contribution in [1.82, 2.24) is 14.7 Å². The first-order valence-electron chi connectivity index (χ1n) is 7.15. The van der Waals surface area contributed by atoms with E-state index in [2.05, 4.69) is 32.8 Å². The molecular formula is C15H26N4O. The zero-order valence-corrected chi connectivity index (χ0v) is 13.4. The van der Waals surface area contributed by atoms with Crippen LogP contribution in [0.15, 0.2) is 6.20 Å². The summed E-state index contributed by atoms with van der Waals surface area (Å²) in [4.78, 5) is 15.0. The van der Waals surface area contributed by atoms with Crippen molar-refractivity contribution in [2.75, 3.05) is 0 Å². The fourth-order valence-corrected chi connectivity index (χ4v) is 3.84. The molecule has 1 aromatic rings. The molecule has 2 N–H and O–H groups in total. The predicted octanol–water partition coefficient (Wildman–Crippen LogP) is 1.85. The normalized spacial score (nSPS) is 22.1. The van der Waals surface area contributed by atoms with Gasteiger partial charge in [0.15, 0.2) is 0 Å². The lowest BCUT2D eigenvalue weighted by Crippen LogP contribution is -2.65. The minimum absolute atomic E-state index is 0.0532. The van der Waals surface area contributed by atoms with E-state index in [0.29, 0.717) is 5.56 Å². The Morgan fingerprint density at radius 3 is 2.20 bits per heavy atom. The fraction of sp³-hybridized carbons (Fsp3) is 0.733. The van der Waals surface area contributed by atoms with E-state index in [4.69, 9.17) is 5.73 Å². The van der Waals surface area contributed by atoms with Crippen molar-refractivity contribution >= 4 is 5.91 Å². The Morgan fingerprint density at radius 1 is 1.30 bits per heavy atom. The Morgan fingerprint density at radius 2 is 1.80 bits per heavy atom. The first-order valence-corrected chi connectivity index (χ1v) is 7.15. The average Bonchev–Trinajstić information content (AvgIpc) is 2.52. The van der Waals surface area contributed by atoms with E-state index in [1.807, 2.05) is 18.9 Å². The summed E-state index contributed by atoms with van der Waals surface area (Å²) in [5, 5.41) is 4.28. The van der Waals surface area contributed by atoms with Crippen molar-refractivity contribution < 1.29 is 4.79 Å². The summed E-state index contributed by atoms with van der Waals surface area (Å²) in [5.74, 6) is 0.0532. The fourth-order valence-electron chi connectivity index (χ4n) is 3.84. The Kier molecular flexibility index (Phi) is 3.45. The summed E-state index contributed by atoms with van der Waals surface area (Å²) in [6, 6.07) is 0.138. The third-order valence-electron chi connectivity index (χ3n) is 4.18. The van der Waals surface area contributed by atoms with E-state index in [1.165, 1.54) is 0 Å². The maximum atomic E-state index is 13.0. The summed E-state index contributed by atoms with van der Waals surface area (Å²) in [6.45, 7) is 10.3. The van der Waals surface area contributed by atoms with Crippen molar-refractivity contribution in [1.29, 1.82) is 0 Å². The molecule has 1 aliphatic rings. The van der Waals surface area contributed by atoms with Crippen LogP contribution < -0.4 is 5.73 Å². The molecule has 2 heterocycles. The van der Waals surface area contributed by atoms with Crippen molar-refractivity contribution in [3.8, 4) is 0 Å². The molecule has 0 aromatic carbocycles. The lowest BCUT2D eigenvalue weighted by molar-refractivity contribution is -0.0172. The van der Waals surface area contributed by atoms with Crippen LogP contribution in [-0.2, 0) is 7.05 Å². The largest absolute Gasteiger partial charge is 0.328 e. The van der Waals surface area contributed by atoms with Crippen molar-refractivity contribution in [3.63, 3.8) is 0 Å². The molecule has 5 nitrogen and oxygen atoms in total. The van der Waals surface area contributed by atoms with Crippen molar-refractivity contribution in [2.45, 2.75) is 64.6 Å². The number of carbonyl (C=O) groups is 1. The van der Waals surface area contributed by atoms with Crippen LogP contribution in [0.2, 0.25) is 0 Å². The van der Waals surface area contributed by atoms with Crippen LogP contribution in [0.5, 0.6) is 0 Å². The molecule has 1 fully saturated rings. The van der Waals surface area contributed by atoms with E-state index in [0.717, 1.165) is 18.5 Å². The number of piperidine rings is 1. The van der Waals surface area contributed by atoms with Gasteiger partial charge < -0.3 is 10.6 Å². The number of nitrogens with zero attached hydrogens (tertiary/aromatic N) is 3. The highest BCUT2D eigenvalue weighted by Crippen LogP contribution is 2.39. The molecule has 0 aliphatic carbocycles. The lowest BCUT2D eigenvalue weighted by Gasteiger charge is -2.54. The van der Waals surface area contributed by atoms with Gasteiger partial charge in [0, 0.05) is 30.4 Å². The molecule has 5 heteroatoms. The summed E-state index contributed by atoms with van der Waals surface area (Å²) < 4.78 is 1.69. The molecule has 2 rings (SSSR count). The third-order valence-corrected chi connectivity index (χ3v) is 4.18. The van der Waals surface area contributed by atoms with Crippen LogP contribution >= 0.6 is 0 Å². The highest BCUT2D eigenvalue weighted by Gasteiger charge is 2.47. The number of nitrogens with two attached hydrogens (primary N) is 1. The molecule has 1 amide bonds. The quantitative estimate of drug-likeness (QED) is 0.852. The molecule has 0 radical (unpaired) electrons. The molecule has 0 unspecified atom stereocenters. The summed E-state index contributed by atoms with van der Waals surface area (Å²) in [6.07, 6.45) is 3.45. The van der Waals surface area contributed by atoms with Gasteiger partial charge >= 0.3 is 0 Å². The average molecular weight is 278 g/mol. The number of carbonyl (C=O) groups excluding carboxylic acids is 1. The second-order valence-corrected chi connectivity index (χ2v) is 7.24. The van der Waals surface area contributed by atoms with Crippen molar-refractivity contribution in [3.05, 3.63) is 17.5 Å². The van der Waals surface area contributed by atoms with Gasteiger partial charge in [-0.05, 0) is 47.5 Å². The van der Waals surface area contributed by atoms with Gasteiger partial charge in [-0.1, -0.05) is 0 Å². The van der Waals surface area contributed by atoms with E-state index in [9.17, 15) is 4.79 Å². The van der Waals surface area contributed by atoms with E-state index in [-0.39, 0.29) is 23.0 Å². The van der Waals surface area contributed by atoms with Crippen LogP contribution in [-0.4, -0.2) is 37.7 Å². The SMILES string of the molecule is Cc1nn(C)cc1C(=O)N1C(C)(C)CC(N)CC1(C)C. The highest BCUT2D eigenvalue weighted by molar-refractivity contribution is 5.96. The number of amides is 1. The van der Waals surface area contributed by atoms with Gasteiger partial charge in [0.25, 0.3) is 5.91 Å². The number of hydrogen-bond acceptors (Lipinski definition) is 3. The summed E-state index contributed by atoms with van der Waals surface area (Å²) in [7, 11) is 1.84. The van der Waals surface area contributed by atoms with Gasteiger partial charge in [-0.3, -0.25) is 9.48 Å². The molecule has 0 saturated carbocycles. The van der Waals surface area contributed by atoms with Crippen LogP contribution in [0.4, 0.5) is 0 Å². The number of aryl methyl sites for hydroxylation is 2. The van der Waals surface area contributed by atoms with Crippen LogP contribution in [0.3, 0.4) is 0 Å². The zero-order chi connectivity index (χ0) is 15.3. The molecule has 1 aromatic heterocycles. The monoisotopic (exact) mass is 278 g/mol. The Balaban J connectivity index is 2.43. The van der Waals surface area contributed by atoms with Crippen LogP contribution in [0.25, 0.3) is 0 Å². The molecule has 0 spiro atoms. The second kappa shape index (κ2) is 4.58. The summed E-state index contributed by atoms with van der Waals surface area (Å²) in [5.41, 5.74) is 7.13. The number of aromatic nitrogens is 2. The smallest absolute Gasteiger partial charge is 0.258 e. The molecule has 1 aliphatic heterocycles. The summed E-state index contributed by atoms with van der Waals surface area (Å²) >= 11 is 0. The van der Waals surface area contributed by atoms with Crippen LogP contribution in [0, 0.1) is 6.92 Å². The Hall–Kier alpha value is -1.36. The van der Waals surface area contributed by atoms with Crippen LogP contribution in [0.1, 0.15) is 56.6 Å². The minimum Gasteiger partial charge on any atom is -0.328 e. The molecular weight excluding hydrogens is 252 g/mol. The third kappa shape index (κ3) is 2.46. The first kappa shape index (κ1) is 15.0. The first-order chi connectivity index (χ1) is 9.04. The number of likely N-dealkylation sites (tertiary alicyclic amines) is 1. The van der Waals surface area contributed by atoms with Gasteiger partial charge in [-0.2, -0.15) is 5.10 Å². The Bertz CT molecular complexity index is 512. The molecule has 1 saturated heterocycles. The van der Waals surface area contributed by atoms with Gasteiger partial charge in [0.1, 0.15) is 0 Å². The second-order valence-electron chi connectivity index (χ2n) is 7.24. The van der Waals surface area contributed by atoms with Gasteiger partial charge in [-0.25, -0.2) is 0 Å². The predicted molar refractivity (Wildman–Crippen MR) is 79.5 cm³/mol. The topological polar surface area (TPSA) is 64.2 Å². The minimum atomic E-state index is -0.249. The van der Waals surface area contributed by atoms with E-state index in [1.54, 1.807) is 10.9 Å². The number of rotatable bonds is 1. The zero-order valence-electron chi connectivity index (χ0n) is 13.4. The Labute approximate surface area is 121 Å². The highest BCUT2D eigenvalue weighted by atomic mass is 16.2. The van der Waals surface area contributed by atoms with Gasteiger partial charge in [0.2, 0.25) is 0 Å². The standard InChI is InChI=1S/C15H26N4O/c1-10-12(9-18(6)17-10)13(20)19-14(2,3)7-11(16)8-15(19,4)5/h9,11H,7-8,16H2,1-6H3. The van der Waals surface area contributed by atoms with Gasteiger partial charge in [0.05, 0.1) is 11.3 Å². The maximum Gasteiger partial charge on any atom is 0.258 e. The lowest BCUT2D eigenvalue weighted by atomic mass is 9.77. The maximum absolute atomic E-state index is 13.0. The van der Waals surface area contributed by atoms with Gasteiger partial charge in [-0.15, -0.1) is 0 Å².